The number of hydrogen-bond donors (Lipinski definition) is 3. The first kappa shape index (κ1) is 37.1. The number of nitrogens with one attached hydrogen (secondary N) is 2. The second-order valence-electron chi connectivity index (χ2n) is 15.8. The predicted molar refractivity (Wildman–Crippen MR) is 205 cm³/mol. The monoisotopic (exact) mass is 732 g/mol. The third kappa shape index (κ3) is 8.75. The van der Waals surface area contributed by atoms with Gasteiger partial charge in [-0.3, -0.25) is 9.59 Å². The van der Waals surface area contributed by atoms with Crippen molar-refractivity contribution in [3.63, 3.8) is 0 Å². The average Bonchev–Trinajstić information content (AvgIpc) is 3.67. The molecule has 0 radical (unpaired) electrons. The van der Waals surface area contributed by atoms with Crippen molar-refractivity contribution >= 4 is 40.3 Å². The Labute approximate surface area is 313 Å². The van der Waals surface area contributed by atoms with Gasteiger partial charge in [-0.1, -0.05) is 49.9 Å². The molecule has 2 amide bonds. The van der Waals surface area contributed by atoms with Crippen molar-refractivity contribution < 1.29 is 14.3 Å². The van der Waals surface area contributed by atoms with E-state index >= 15 is 0 Å². The Morgan fingerprint density at radius 2 is 1.62 bits per heavy atom. The second-order valence-corrected chi connectivity index (χ2v) is 16.3. The van der Waals surface area contributed by atoms with Crippen molar-refractivity contribution in [1.29, 1.82) is 0 Å². The highest BCUT2D eigenvalue weighted by Crippen LogP contribution is 2.33. The van der Waals surface area contributed by atoms with Crippen LogP contribution in [0.2, 0.25) is 5.02 Å². The number of benzene rings is 1. The van der Waals surface area contributed by atoms with Gasteiger partial charge in [0.05, 0.1) is 29.2 Å². The molecule has 2 aromatic heterocycles. The van der Waals surface area contributed by atoms with Crippen LogP contribution < -0.4 is 16.0 Å². The number of H-pyrrole nitrogens is 1. The van der Waals surface area contributed by atoms with E-state index in [0.717, 1.165) is 87.2 Å². The van der Waals surface area contributed by atoms with Gasteiger partial charge in [-0.05, 0) is 87.5 Å². The van der Waals surface area contributed by atoms with E-state index in [4.69, 9.17) is 22.1 Å². The van der Waals surface area contributed by atoms with Gasteiger partial charge in [-0.2, -0.15) is 0 Å². The van der Waals surface area contributed by atoms with Crippen LogP contribution in [0.5, 0.6) is 0 Å². The molecule has 5 heterocycles. The van der Waals surface area contributed by atoms with Gasteiger partial charge in [0.1, 0.15) is 17.8 Å². The SMILES string of the molecule is C[C@@H](C(=O)N1CCC(OC2CCN(CC[C@H](NC(=O)C3(N)CCN(c4ncnc5[nH]ccc45)CC3)c3ccc(Cl)cc3)CC2)CC1)C1CCCCC1. The Hall–Kier alpha value is -3.25. The van der Waals surface area contributed by atoms with E-state index in [1.807, 2.05) is 36.5 Å². The van der Waals surface area contributed by atoms with Gasteiger partial charge in [0.25, 0.3) is 0 Å². The lowest BCUT2D eigenvalue weighted by atomic mass is 9.80. The first-order valence-electron chi connectivity index (χ1n) is 19.8. The third-order valence-electron chi connectivity index (χ3n) is 12.5. The number of nitrogens with zero attached hydrogens (tertiary/aromatic N) is 5. The van der Waals surface area contributed by atoms with E-state index in [9.17, 15) is 9.59 Å². The highest BCUT2D eigenvalue weighted by Gasteiger charge is 2.39. The summed E-state index contributed by atoms with van der Waals surface area (Å²) in [6.45, 7) is 7.87. The summed E-state index contributed by atoms with van der Waals surface area (Å²) in [6.07, 6.45) is 15.9. The van der Waals surface area contributed by atoms with Gasteiger partial charge < -0.3 is 35.5 Å². The average molecular weight is 733 g/mol. The molecular formula is C40H57ClN8O3. The normalized spacial score (nSPS) is 22.4. The number of hydrogen-bond acceptors (Lipinski definition) is 8. The van der Waals surface area contributed by atoms with E-state index in [-0.39, 0.29) is 30.1 Å². The van der Waals surface area contributed by atoms with Crippen molar-refractivity contribution in [3.8, 4) is 0 Å². The highest BCUT2D eigenvalue weighted by molar-refractivity contribution is 6.30. The van der Waals surface area contributed by atoms with E-state index in [0.29, 0.717) is 42.8 Å². The number of fused-ring (bicyclic) bond motifs is 1. The first-order valence-corrected chi connectivity index (χ1v) is 20.2. The topological polar surface area (TPSA) is 133 Å². The third-order valence-corrected chi connectivity index (χ3v) is 12.7. The van der Waals surface area contributed by atoms with E-state index in [1.165, 1.54) is 32.1 Å². The molecule has 7 rings (SSSR count). The van der Waals surface area contributed by atoms with Crippen LogP contribution in [0.3, 0.4) is 0 Å². The summed E-state index contributed by atoms with van der Waals surface area (Å²) in [7, 11) is 0. The van der Waals surface area contributed by atoms with Crippen LogP contribution in [0.1, 0.15) is 95.6 Å². The fourth-order valence-corrected chi connectivity index (χ4v) is 9.09. The van der Waals surface area contributed by atoms with Crippen molar-refractivity contribution in [2.24, 2.45) is 17.6 Å². The zero-order valence-electron chi connectivity index (χ0n) is 30.8. The van der Waals surface area contributed by atoms with Crippen molar-refractivity contribution in [3.05, 3.63) is 53.4 Å². The Kier molecular flexibility index (Phi) is 12.0. The molecule has 0 unspecified atom stereocenters. The Morgan fingerprint density at radius 1 is 0.942 bits per heavy atom. The molecule has 3 aliphatic heterocycles. The summed E-state index contributed by atoms with van der Waals surface area (Å²) in [6, 6.07) is 9.60. The molecule has 0 bridgehead atoms. The number of ether oxygens (including phenoxy) is 1. The number of carbonyl (C=O) groups is 2. The molecule has 3 saturated heterocycles. The molecule has 1 aliphatic carbocycles. The van der Waals surface area contributed by atoms with Crippen LogP contribution in [-0.2, 0) is 14.3 Å². The number of amides is 2. The van der Waals surface area contributed by atoms with Crippen molar-refractivity contribution in [2.45, 2.75) is 108 Å². The molecule has 1 saturated carbocycles. The fourth-order valence-electron chi connectivity index (χ4n) is 8.96. The summed E-state index contributed by atoms with van der Waals surface area (Å²) in [4.78, 5) is 45.9. The van der Waals surface area contributed by atoms with Gasteiger partial charge in [-0.25, -0.2) is 9.97 Å². The predicted octanol–water partition coefficient (Wildman–Crippen LogP) is 5.85. The molecule has 0 spiro atoms. The standard InChI is InChI=1S/C40H57ClN8O3/c1-28(29-5-3-2-4-6-29)38(50)49-23-14-33(15-24-49)52-32-12-20-47(21-13-32)22-16-35(30-7-9-31(41)10-8-30)46-39(51)40(42)17-25-48(26-18-40)37-34-11-19-43-36(34)44-27-45-37/h7-11,19,27-29,32-33,35H,2-6,12-18,20-26,42H2,1H3,(H,46,51)(H,43,44,45)/t28-,35+/m1/s1. The van der Waals surface area contributed by atoms with Gasteiger partial charge in [0.15, 0.2) is 0 Å². The molecule has 11 nitrogen and oxygen atoms in total. The Bertz CT molecular complexity index is 1620. The largest absolute Gasteiger partial charge is 0.375 e. The molecule has 3 aromatic rings. The number of carbonyl (C=O) groups excluding carboxylic acids is 2. The number of anilines is 1. The summed E-state index contributed by atoms with van der Waals surface area (Å²) >= 11 is 6.24. The zero-order valence-corrected chi connectivity index (χ0v) is 31.5. The molecule has 4 aliphatic rings. The number of piperidine rings is 3. The summed E-state index contributed by atoms with van der Waals surface area (Å²) in [5.74, 6) is 1.84. The second kappa shape index (κ2) is 16.8. The summed E-state index contributed by atoms with van der Waals surface area (Å²) in [5.41, 5.74) is 7.72. The van der Waals surface area contributed by atoms with Gasteiger partial charge in [0, 0.05) is 63.0 Å². The summed E-state index contributed by atoms with van der Waals surface area (Å²) in [5, 5.41) is 4.99. The van der Waals surface area contributed by atoms with Crippen LogP contribution in [0.15, 0.2) is 42.9 Å². The zero-order chi connectivity index (χ0) is 36.1. The minimum Gasteiger partial charge on any atom is -0.375 e. The first-order chi connectivity index (χ1) is 25.3. The Morgan fingerprint density at radius 3 is 2.31 bits per heavy atom. The minimum absolute atomic E-state index is 0.107. The molecule has 2 atom stereocenters. The van der Waals surface area contributed by atoms with Gasteiger partial charge >= 0.3 is 0 Å². The van der Waals surface area contributed by atoms with Crippen LogP contribution in [0, 0.1) is 11.8 Å². The Balaban J connectivity index is 0.869. The molecule has 4 N–H and O–H groups in total. The van der Waals surface area contributed by atoms with E-state index in [2.05, 4.69) is 41.9 Å². The molecule has 52 heavy (non-hydrogen) atoms. The number of likely N-dealkylation sites (tertiary alicyclic amines) is 2. The van der Waals surface area contributed by atoms with Crippen LogP contribution in [0.4, 0.5) is 5.82 Å². The van der Waals surface area contributed by atoms with Crippen LogP contribution in [-0.4, -0.2) is 100 Å². The number of aromatic amines is 1. The van der Waals surface area contributed by atoms with E-state index in [1.54, 1.807) is 6.33 Å². The molecular weight excluding hydrogens is 676 g/mol. The molecule has 1 aromatic carbocycles. The number of rotatable bonds is 11. The number of nitrogens with two attached hydrogens (primary N) is 1. The lowest BCUT2D eigenvalue weighted by Gasteiger charge is -2.40. The fraction of sp³-hybridized carbons (Fsp3) is 0.650. The molecule has 12 heteroatoms. The minimum atomic E-state index is -0.960. The van der Waals surface area contributed by atoms with Crippen molar-refractivity contribution in [2.75, 3.05) is 50.7 Å². The maximum atomic E-state index is 13.9. The lowest BCUT2D eigenvalue weighted by Crippen LogP contribution is -2.60. The maximum absolute atomic E-state index is 13.9. The van der Waals surface area contributed by atoms with Crippen LogP contribution >= 0.6 is 11.6 Å². The maximum Gasteiger partial charge on any atom is 0.240 e. The van der Waals surface area contributed by atoms with E-state index < -0.39 is 5.54 Å². The quantitative estimate of drug-likeness (QED) is 0.224. The van der Waals surface area contributed by atoms with Crippen molar-refractivity contribution in [1.82, 2.24) is 30.1 Å². The number of aromatic nitrogens is 3. The highest BCUT2D eigenvalue weighted by atomic mass is 35.5. The smallest absolute Gasteiger partial charge is 0.240 e. The number of halogens is 1. The van der Waals surface area contributed by atoms with Crippen LogP contribution in [0.25, 0.3) is 11.0 Å². The van der Waals surface area contributed by atoms with Gasteiger partial charge in [0.2, 0.25) is 11.8 Å². The summed E-state index contributed by atoms with van der Waals surface area (Å²) < 4.78 is 6.62. The lowest BCUT2D eigenvalue weighted by molar-refractivity contribution is -0.141. The molecule has 282 valence electrons. The van der Waals surface area contributed by atoms with Gasteiger partial charge in [-0.15, -0.1) is 0 Å². The molecule has 4 fully saturated rings.